The fourth-order valence-corrected chi connectivity index (χ4v) is 5.25. The number of benzene rings is 2. The second-order valence-corrected chi connectivity index (χ2v) is 9.73. The van der Waals surface area contributed by atoms with Crippen LogP contribution in [-0.4, -0.2) is 46.2 Å². The first-order valence-corrected chi connectivity index (χ1v) is 12.7. The van der Waals surface area contributed by atoms with Gasteiger partial charge in [-0.25, -0.2) is 14.2 Å². The molecule has 35 heavy (non-hydrogen) atoms. The van der Waals surface area contributed by atoms with Crippen molar-refractivity contribution in [2.75, 3.05) is 19.6 Å². The van der Waals surface area contributed by atoms with Crippen LogP contribution in [0.3, 0.4) is 0 Å². The molecule has 1 N–H and O–H groups in total. The Morgan fingerprint density at radius 1 is 1.14 bits per heavy atom. The number of hydrogen-bond donors (Lipinski definition) is 1. The van der Waals surface area contributed by atoms with Crippen LogP contribution >= 0.6 is 11.6 Å². The summed E-state index contributed by atoms with van der Waals surface area (Å²) in [5, 5.41) is 3.50. The van der Waals surface area contributed by atoms with Crippen molar-refractivity contribution >= 4 is 17.7 Å². The molecule has 1 atom stereocenters. The van der Waals surface area contributed by atoms with E-state index in [4.69, 9.17) is 21.3 Å². The predicted octanol–water partition coefficient (Wildman–Crippen LogP) is 5.61. The van der Waals surface area contributed by atoms with E-state index in [1.54, 1.807) is 12.1 Å². The van der Waals surface area contributed by atoms with Crippen molar-refractivity contribution in [3.63, 3.8) is 0 Å². The van der Waals surface area contributed by atoms with Crippen LogP contribution in [0.2, 0.25) is 5.02 Å². The lowest BCUT2D eigenvalue weighted by Gasteiger charge is -2.27. The summed E-state index contributed by atoms with van der Waals surface area (Å²) < 4.78 is 21.6. The summed E-state index contributed by atoms with van der Waals surface area (Å²) in [6.45, 7) is 3.52. The van der Waals surface area contributed by atoms with E-state index < -0.39 is 5.82 Å². The van der Waals surface area contributed by atoms with Crippen LogP contribution in [0.5, 0.6) is 0 Å². The van der Waals surface area contributed by atoms with Gasteiger partial charge in [0, 0.05) is 30.8 Å². The van der Waals surface area contributed by atoms with Gasteiger partial charge in [-0.15, -0.1) is 0 Å². The minimum absolute atomic E-state index is 0.0394. The topological polar surface area (TPSA) is 59.4 Å². The Labute approximate surface area is 210 Å². The van der Waals surface area contributed by atoms with Crippen LogP contribution in [0.15, 0.2) is 54.7 Å². The summed E-state index contributed by atoms with van der Waals surface area (Å²) in [5.74, 6) is 0.913. The van der Waals surface area contributed by atoms with Gasteiger partial charge in [0.25, 0.3) is 0 Å². The average Bonchev–Trinajstić information content (AvgIpc) is 3.53. The van der Waals surface area contributed by atoms with Crippen molar-refractivity contribution in [2.45, 2.75) is 50.8 Å². The highest BCUT2D eigenvalue weighted by atomic mass is 35.5. The Balaban J connectivity index is 1.36. The van der Waals surface area contributed by atoms with Gasteiger partial charge in [-0.05, 0) is 62.5 Å². The van der Waals surface area contributed by atoms with Crippen LogP contribution in [0.1, 0.15) is 43.0 Å². The molecule has 2 fully saturated rings. The Hall–Kier alpha value is -2.90. The average molecular weight is 497 g/mol. The molecule has 6 nitrogen and oxygen atoms in total. The number of likely N-dealkylation sites (tertiary alicyclic amines) is 1. The molecule has 0 spiro atoms. The number of piperidine rings is 1. The van der Waals surface area contributed by atoms with Crippen molar-refractivity contribution in [1.29, 1.82) is 0 Å². The van der Waals surface area contributed by atoms with Gasteiger partial charge in [0.15, 0.2) is 0 Å². The summed E-state index contributed by atoms with van der Waals surface area (Å²) in [6, 6.07) is 14.5. The molecule has 3 aromatic rings. The summed E-state index contributed by atoms with van der Waals surface area (Å²) in [4.78, 5) is 19.8. The van der Waals surface area contributed by atoms with E-state index in [1.165, 1.54) is 6.07 Å². The van der Waals surface area contributed by atoms with Gasteiger partial charge >= 0.3 is 6.09 Å². The molecule has 1 unspecified atom stereocenters. The van der Waals surface area contributed by atoms with E-state index in [2.05, 4.69) is 9.88 Å². The molecule has 5 rings (SSSR count). The molecule has 184 valence electrons. The smallest absolute Gasteiger partial charge is 0.410 e. The number of imidazole rings is 1. The van der Waals surface area contributed by atoms with Crippen molar-refractivity contribution in [2.24, 2.45) is 0 Å². The van der Waals surface area contributed by atoms with Gasteiger partial charge in [-0.1, -0.05) is 41.9 Å². The lowest BCUT2D eigenvalue weighted by Crippen LogP contribution is -2.39. The monoisotopic (exact) mass is 496 g/mol. The minimum atomic E-state index is -0.441. The van der Waals surface area contributed by atoms with Crippen LogP contribution < -0.4 is 5.32 Å². The third-order valence-electron chi connectivity index (χ3n) is 6.95. The molecule has 1 aromatic heterocycles. The van der Waals surface area contributed by atoms with Gasteiger partial charge in [-0.2, -0.15) is 0 Å². The van der Waals surface area contributed by atoms with E-state index in [1.807, 2.05) is 41.4 Å². The van der Waals surface area contributed by atoms with E-state index in [0.717, 1.165) is 61.4 Å². The lowest BCUT2D eigenvalue weighted by molar-refractivity contribution is 0.0893. The molecule has 0 bridgehead atoms. The molecule has 1 amide bonds. The maximum atomic E-state index is 13.7. The van der Waals surface area contributed by atoms with Crippen LogP contribution in [0.25, 0.3) is 11.3 Å². The summed E-state index contributed by atoms with van der Waals surface area (Å²) in [6.07, 6.45) is 5.63. The summed E-state index contributed by atoms with van der Waals surface area (Å²) in [7, 11) is 0. The largest absolute Gasteiger partial charge is 0.445 e. The highest BCUT2D eigenvalue weighted by molar-refractivity contribution is 6.31. The number of carbonyl (C=O) groups is 1. The molecule has 0 saturated carbocycles. The highest BCUT2D eigenvalue weighted by Gasteiger charge is 2.32. The third-order valence-corrected chi connectivity index (χ3v) is 7.24. The number of nitrogens with one attached hydrogen (secondary N) is 1. The standard InChI is InChI=1S/C27H30ClFN4O2/c28-23-15-21(8-9-24(23)29)25-17-32(26(31-25)20-10-12-30-13-11-20)16-22-7-4-14-33(22)27(34)35-18-19-5-2-1-3-6-19/h1-3,5-6,8-9,15,17,20,22,30H,4,7,10-14,16,18H2. The van der Waals surface area contributed by atoms with E-state index >= 15 is 0 Å². The Bertz CT molecular complexity index is 1160. The Kier molecular flexibility index (Phi) is 7.35. The van der Waals surface area contributed by atoms with Gasteiger partial charge in [0.05, 0.1) is 16.8 Å². The van der Waals surface area contributed by atoms with Gasteiger partial charge < -0.3 is 19.5 Å². The first-order chi connectivity index (χ1) is 17.1. The fraction of sp³-hybridized carbons (Fsp3) is 0.407. The number of rotatable bonds is 6. The molecule has 2 aliphatic rings. The first kappa shape index (κ1) is 23.8. The number of aromatic nitrogens is 2. The summed E-state index contributed by atoms with van der Waals surface area (Å²) in [5.41, 5.74) is 2.54. The molecule has 2 saturated heterocycles. The number of carbonyl (C=O) groups excluding carboxylic acids is 1. The Morgan fingerprint density at radius 2 is 1.94 bits per heavy atom. The molecule has 2 aliphatic heterocycles. The van der Waals surface area contributed by atoms with Gasteiger partial charge in [-0.3, -0.25) is 0 Å². The minimum Gasteiger partial charge on any atom is -0.445 e. The second kappa shape index (κ2) is 10.8. The number of ether oxygens (including phenoxy) is 1. The second-order valence-electron chi connectivity index (χ2n) is 9.32. The zero-order valence-electron chi connectivity index (χ0n) is 19.6. The van der Waals surface area contributed by atoms with Gasteiger partial charge in [0.2, 0.25) is 0 Å². The summed E-state index contributed by atoms with van der Waals surface area (Å²) >= 11 is 6.05. The number of amides is 1. The van der Waals surface area contributed by atoms with Crippen molar-refractivity contribution in [1.82, 2.24) is 19.8 Å². The zero-order chi connectivity index (χ0) is 24.2. The lowest BCUT2D eigenvalue weighted by atomic mass is 9.97. The normalized spacial score (nSPS) is 18.7. The molecular formula is C27H30ClFN4O2. The molecule has 3 heterocycles. The molecule has 8 heteroatoms. The van der Waals surface area contributed by atoms with Crippen molar-refractivity contribution in [3.8, 4) is 11.3 Å². The van der Waals surface area contributed by atoms with Crippen LogP contribution in [-0.2, 0) is 17.9 Å². The fourth-order valence-electron chi connectivity index (χ4n) is 5.07. The molecule has 0 radical (unpaired) electrons. The quantitative estimate of drug-likeness (QED) is 0.482. The number of hydrogen-bond acceptors (Lipinski definition) is 4. The van der Waals surface area contributed by atoms with Crippen molar-refractivity contribution < 1.29 is 13.9 Å². The van der Waals surface area contributed by atoms with E-state index in [0.29, 0.717) is 19.0 Å². The van der Waals surface area contributed by atoms with Gasteiger partial charge in [0.1, 0.15) is 18.2 Å². The van der Waals surface area contributed by atoms with E-state index in [-0.39, 0.29) is 23.8 Å². The number of nitrogens with zero attached hydrogens (tertiary/aromatic N) is 3. The Morgan fingerprint density at radius 3 is 2.71 bits per heavy atom. The molecular weight excluding hydrogens is 467 g/mol. The SMILES string of the molecule is O=C(OCc1ccccc1)N1CCCC1Cn1cc(-c2ccc(F)c(Cl)c2)nc1C1CCNCC1. The number of halogens is 2. The predicted molar refractivity (Wildman–Crippen MR) is 134 cm³/mol. The molecule has 0 aliphatic carbocycles. The maximum absolute atomic E-state index is 13.7. The van der Waals surface area contributed by atoms with Crippen LogP contribution in [0, 0.1) is 5.82 Å². The zero-order valence-corrected chi connectivity index (χ0v) is 20.4. The highest BCUT2D eigenvalue weighted by Crippen LogP contribution is 2.31. The maximum Gasteiger partial charge on any atom is 0.410 e. The molecule has 2 aromatic carbocycles. The van der Waals surface area contributed by atoms with Crippen molar-refractivity contribution in [3.05, 3.63) is 77.0 Å². The first-order valence-electron chi connectivity index (χ1n) is 12.3. The third kappa shape index (κ3) is 5.52. The van der Waals surface area contributed by atoms with E-state index in [9.17, 15) is 9.18 Å². The van der Waals surface area contributed by atoms with Crippen LogP contribution in [0.4, 0.5) is 9.18 Å².